The second kappa shape index (κ2) is 8.52. The number of hydrogen-bond donors (Lipinski definition) is 0. The second-order valence-corrected chi connectivity index (χ2v) is 7.49. The van der Waals surface area contributed by atoms with Crippen molar-refractivity contribution in [2.75, 3.05) is 11.9 Å². The molecule has 2 heterocycles. The van der Waals surface area contributed by atoms with Crippen LogP contribution in [0.3, 0.4) is 0 Å². The number of fused-ring (bicyclic) bond motifs is 1. The van der Waals surface area contributed by atoms with Gasteiger partial charge in [-0.2, -0.15) is 4.98 Å². The van der Waals surface area contributed by atoms with Crippen LogP contribution in [0.15, 0.2) is 41.2 Å². The topological polar surface area (TPSA) is 56.6 Å². The number of anilines is 1. The molecule has 0 bridgehead atoms. The molecule has 1 aliphatic heterocycles. The SMILES string of the molecule is C[C@H]1CCn2c(cc(OCc3cc(F)c(Oc4ccc(F)c(F)c4)c(F)c3)nc2=O)N1C. The van der Waals surface area contributed by atoms with Crippen LogP contribution in [0.2, 0.25) is 0 Å². The zero-order valence-corrected chi connectivity index (χ0v) is 17.2. The van der Waals surface area contributed by atoms with Gasteiger partial charge in [-0.15, -0.1) is 0 Å². The van der Waals surface area contributed by atoms with E-state index in [1.54, 1.807) is 6.07 Å². The lowest BCUT2D eigenvalue weighted by molar-refractivity contribution is 0.287. The van der Waals surface area contributed by atoms with Gasteiger partial charge in [0.05, 0.1) is 0 Å². The lowest BCUT2D eigenvalue weighted by Crippen LogP contribution is -2.41. The van der Waals surface area contributed by atoms with E-state index in [2.05, 4.69) is 4.98 Å². The van der Waals surface area contributed by atoms with E-state index in [0.717, 1.165) is 30.7 Å². The van der Waals surface area contributed by atoms with Crippen LogP contribution in [0.4, 0.5) is 23.4 Å². The first-order valence-corrected chi connectivity index (χ1v) is 9.81. The van der Waals surface area contributed by atoms with Crippen LogP contribution in [-0.4, -0.2) is 22.6 Å². The van der Waals surface area contributed by atoms with Crippen molar-refractivity contribution in [3.63, 3.8) is 0 Å². The average molecular weight is 449 g/mol. The summed E-state index contributed by atoms with van der Waals surface area (Å²) < 4.78 is 67.2. The molecule has 0 aliphatic carbocycles. The van der Waals surface area contributed by atoms with E-state index in [4.69, 9.17) is 9.47 Å². The Morgan fingerprint density at radius 1 is 1.03 bits per heavy atom. The third-order valence-electron chi connectivity index (χ3n) is 5.31. The van der Waals surface area contributed by atoms with Crippen molar-refractivity contribution in [3.8, 4) is 17.4 Å². The molecule has 0 saturated carbocycles. The highest BCUT2D eigenvalue weighted by molar-refractivity contribution is 5.44. The first-order chi connectivity index (χ1) is 15.2. The van der Waals surface area contributed by atoms with E-state index >= 15 is 0 Å². The van der Waals surface area contributed by atoms with E-state index in [1.807, 2.05) is 18.9 Å². The van der Waals surface area contributed by atoms with Gasteiger partial charge in [-0.25, -0.2) is 22.4 Å². The first-order valence-electron chi connectivity index (χ1n) is 9.81. The molecule has 1 atom stereocenters. The highest BCUT2D eigenvalue weighted by atomic mass is 19.2. The summed E-state index contributed by atoms with van der Waals surface area (Å²) in [5, 5.41) is 0. The number of hydrogen-bond acceptors (Lipinski definition) is 5. The van der Waals surface area contributed by atoms with Crippen molar-refractivity contribution < 1.29 is 27.0 Å². The summed E-state index contributed by atoms with van der Waals surface area (Å²) in [6, 6.07) is 6.32. The fraction of sp³-hybridized carbons (Fsp3) is 0.273. The molecule has 1 aromatic heterocycles. The molecule has 0 spiro atoms. The van der Waals surface area contributed by atoms with E-state index < -0.39 is 34.7 Å². The minimum Gasteiger partial charge on any atom is -0.473 e. The third-order valence-corrected chi connectivity index (χ3v) is 5.31. The Kier molecular flexibility index (Phi) is 5.77. The third kappa shape index (κ3) is 4.25. The Morgan fingerprint density at radius 2 is 1.75 bits per heavy atom. The summed E-state index contributed by atoms with van der Waals surface area (Å²) in [4.78, 5) is 18.1. The molecule has 0 saturated heterocycles. The molecule has 6 nitrogen and oxygen atoms in total. The summed E-state index contributed by atoms with van der Waals surface area (Å²) in [5.41, 5.74) is -0.345. The van der Waals surface area contributed by atoms with Gasteiger partial charge in [-0.1, -0.05) is 0 Å². The summed E-state index contributed by atoms with van der Waals surface area (Å²) >= 11 is 0. The molecule has 0 N–H and O–H groups in total. The van der Waals surface area contributed by atoms with E-state index in [9.17, 15) is 22.4 Å². The predicted molar refractivity (Wildman–Crippen MR) is 108 cm³/mol. The van der Waals surface area contributed by atoms with E-state index in [-0.39, 0.29) is 29.8 Å². The number of nitrogens with zero attached hydrogens (tertiary/aromatic N) is 3. The van der Waals surface area contributed by atoms with Gasteiger partial charge in [-0.3, -0.25) is 4.57 Å². The number of halogens is 4. The molecule has 1 aliphatic rings. The van der Waals surface area contributed by atoms with Crippen molar-refractivity contribution in [1.82, 2.24) is 9.55 Å². The zero-order valence-electron chi connectivity index (χ0n) is 17.2. The molecular weight excluding hydrogens is 430 g/mol. The molecular formula is C22H19F4N3O3. The molecule has 32 heavy (non-hydrogen) atoms. The van der Waals surface area contributed by atoms with Gasteiger partial charge in [0.2, 0.25) is 5.88 Å². The fourth-order valence-corrected chi connectivity index (χ4v) is 3.39. The maximum absolute atomic E-state index is 14.4. The predicted octanol–water partition coefficient (Wildman–Crippen LogP) is 4.40. The Morgan fingerprint density at radius 3 is 2.44 bits per heavy atom. The smallest absolute Gasteiger partial charge is 0.352 e. The Bertz CT molecular complexity index is 1210. The van der Waals surface area contributed by atoms with Crippen molar-refractivity contribution in [2.45, 2.75) is 32.5 Å². The van der Waals surface area contributed by atoms with Crippen LogP contribution in [0.25, 0.3) is 0 Å². The number of aromatic nitrogens is 2. The standard InChI is InChI=1S/C22H19F4N3O3/c1-12-5-6-29-20(28(12)2)10-19(27-22(29)30)31-11-13-7-17(25)21(18(26)8-13)32-14-3-4-15(23)16(24)9-14/h3-4,7-10,12H,5-6,11H2,1-2H3/t12-/m0/s1. The maximum atomic E-state index is 14.4. The van der Waals surface area contributed by atoms with Crippen LogP contribution in [0, 0.1) is 23.3 Å². The lowest BCUT2D eigenvalue weighted by Gasteiger charge is -2.34. The zero-order chi connectivity index (χ0) is 23.0. The monoisotopic (exact) mass is 449 g/mol. The van der Waals surface area contributed by atoms with Crippen LogP contribution < -0.4 is 20.1 Å². The van der Waals surface area contributed by atoms with Gasteiger partial charge < -0.3 is 14.4 Å². The normalized spacial score (nSPS) is 15.4. The Balaban J connectivity index is 1.52. The van der Waals surface area contributed by atoms with Crippen LogP contribution in [-0.2, 0) is 13.2 Å². The Labute approximate surface area is 180 Å². The van der Waals surface area contributed by atoms with Gasteiger partial charge in [-0.05, 0) is 43.2 Å². The molecule has 0 radical (unpaired) electrons. The largest absolute Gasteiger partial charge is 0.473 e. The van der Waals surface area contributed by atoms with Gasteiger partial charge in [0.1, 0.15) is 18.2 Å². The highest BCUT2D eigenvalue weighted by Gasteiger charge is 2.22. The van der Waals surface area contributed by atoms with Crippen LogP contribution in [0.1, 0.15) is 18.9 Å². The van der Waals surface area contributed by atoms with E-state index in [0.29, 0.717) is 18.4 Å². The molecule has 3 aromatic rings. The number of benzene rings is 2. The highest BCUT2D eigenvalue weighted by Crippen LogP contribution is 2.30. The van der Waals surface area contributed by atoms with Crippen molar-refractivity contribution >= 4 is 5.82 Å². The number of rotatable bonds is 5. The minimum atomic E-state index is -1.21. The van der Waals surface area contributed by atoms with Gasteiger partial charge in [0.25, 0.3) is 0 Å². The van der Waals surface area contributed by atoms with E-state index in [1.165, 1.54) is 4.57 Å². The summed E-state index contributed by atoms with van der Waals surface area (Å²) in [7, 11) is 1.86. The molecule has 0 fully saturated rings. The molecule has 0 unspecified atom stereocenters. The van der Waals surface area contributed by atoms with Gasteiger partial charge >= 0.3 is 5.69 Å². The molecule has 10 heteroatoms. The van der Waals surface area contributed by atoms with Gasteiger partial charge in [0.15, 0.2) is 29.0 Å². The van der Waals surface area contributed by atoms with Gasteiger partial charge in [0, 0.05) is 31.8 Å². The average Bonchev–Trinajstić information content (AvgIpc) is 2.74. The molecule has 168 valence electrons. The summed E-state index contributed by atoms with van der Waals surface area (Å²) in [5.74, 6) is -4.77. The lowest BCUT2D eigenvalue weighted by atomic mass is 10.1. The van der Waals surface area contributed by atoms with Crippen LogP contribution >= 0.6 is 0 Å². The van der Waals surface area contributed by atoms with Crippen molar-refractivity contribution in [1.29, 1.82) is 0 Å². The van der Waals surface area contributed by atoms with Crippen LogP contribution in [0.5, 0.6) is 17.4 Å². The Hall–Kier alpha value is -3.56. The van der Waals surface area contributed by atoms with Crippen molar-refractivity contribution in [2.24, 2.45) is 0 Å². The van der Waals surface area contributed by atoms with Crippen molar-refractivity contribution in [3.05, 3.63) is 75.7 Å². The molecule has 4 rings (SSSR count). The molecule has 2 aromatic carbocycles. The quantitative estimate of drug-likeness (QED) is 0.541. The molecule has 0 amide bonds. The minimum absolute atomic E-state index is 0.0325. The number of ether oxygens (including phenoxy) is 2. The summed E-state index contributed by atoms with van der Waals surface area (Å²) in [6.07, 6.45) is 0.808. The second-order valence-electron chi connectivity index (χ2n) is 7.49. The first kappa shape index (κ1) is 21.7. The fourth-order valence-electron chi connectivity index (χ4n) is 3.39. The maximum Gasteiger partial charge on any atom is 0.352 e. The summed E-state index contributed by atoms with van der Waals surface area (Å²) in [6.45, 7) is 2.32.